The molecule has 0 radical (unpaired) electrons. The zero-order chi connectivity index (χ0) is 10.0. The number of ether oxygens (including phenoxy) is 1. The van der Waals surface area contributed by atoms with Crippen molar-refractivity contribution in [2.24, 2.45) is 0 Å². The van der Waals surface area contributed by atoms with Crippen molar-refractivity contribution in [1.29, 1.82) is 0 Å². The van der Waals surface area contributed by atoms with Gasteiger partial charge >= 0.3 is 0 Å². The molecule has 0 aromatic rings. The van der Waals surface area contributed by atoms with Crippen LogP contribution in [0.3, 0.4) is 0 Å². The fourth-order valence-corrected chi connectivity index (χ4v) is 2.41. The zero-order valence-corrected chi connectivity index (χ0v) is 9.33. The summed E-state index contributed by atoms with van der Waals surface area (Å²) in [5.41, 5.74) is 0.101. The smallest absolute Gasteiger partial charge is 0.0886 e. The highest BCUT2D eigenvalue weighted by Gasteiger charge is 2.34. The Morgan fingerprint density at radius 2 is 2.00 bits per heavy atom. The quantitative estimate of drug-likeness (QED) is 0.595. The molecule has 1 saturated heterocycles. The minimum atomic E-state index is 0.101. The van der Waals surface area contributed by atoms with Gasteiger partial charge < -0.3 is 9.64 Å². The molecule has 2 heterocycles. The van der Waals surface area contributed by atoms with Gasteiger partial charge in [0.05, 0.1) is 12.2 Å². The van der Waals surface area contributed by atoms with Crippen molar-refractivity contribution < 1.29 is 4.74 Å². The van der Waals surface area contributed by atoms with Gasteiger partial charge in [0.2, 0.25) is 0 Å². The molecule has 2 aliphatic rings. The second kappa shape index (κ2) is 4.03. The van der Waals surface area contributed by atoms with Gasteiger partial charge in [-0.2, -0.15) is 0 Å². The van der Waals surface area contributed by atoms with Crippen LogP contribution < -0.4 is 0 Å². The molecule has 1 spiro atoms. The van der Waals surface area contributed by atoms with E-state index in [1.54, 1.807) is 0 Å². The van der Waals surface area contributed by atoms with Crippen molar-refractivity contribution >= 4 is 0 Å². The number of rotatable bonds is 1. The first-order chi connectivity index (χ1) is 6.72. The van der Waals surface area contributed by atoms with E-state index in [9.17, 15) is 0 Å². The monoisotopic (exact) mass is 195 g/mol. The van der Waals surface area contributed by atoms with Crippen molar-refractivity contribution in [1.82, 2.24) is 4.90 Å². The minimum absolute atomic E-state index is 0.101. The standard InChI is InChI=1S/C12H21NO/c1-11(2)13-8-6-12(7-9-13)5-3-4-10-14-12/h3,5,11H,4,6-10H2,1-2H3. The maximum Gasteiger partial charge on any atom is 0.0886 e. The van der Waals surface area contributed by atoms with Crippen molar-refractivity contribution in [3.05, 3.63) is 12.2 Å². The van der Waals surface area contributed by atoms with E-state index >= 15 is 0 Å². The maximum absolute atomic E-state index is 5.92. The molecule has 2 rings (SSSR count). The highest BCUT2D eigenvalue weighted by atomic mass is 16.5. The van der Waals surface area contributed by atoms with E-state index in [1.165, 1.54) is 25.9 Å². The van der Waals surface area contributed by atoms with Crippen LogP contribution in [0, 0.1) is 0 Å². The van der Waals surface area contributed by atoms with Gasteiger partial charge in [0.25, 0.3) is 0 Å². The van der Waals surface area contributed by atoms with E-state index in [2.05, 4.69) is 30.9 Å². The lowest BCUT2D eigenvalue weighted by atomic mass is 9.88. The Balaban J connectivity index is 1.94. The van der Waals surface area contributed by atoms with E-state index in [0.29, 0.717) is 6.04 Å². The van der Waals surface area contributed by atoms with Crippen LogP contribution in [-0.4, -0.2) is 36.2 Å². The lowest BCUT2D eigenvalue weighted by Gasteiger charge is -2.42. The summed E-state index contributed by atoms with van der Waals surface area (Å²) in [7, 11) is 0. The Morgan fingerprint density at radius 1 is 1.29 bits per heavy atom. The van der Waals surface area contributed by atoms with Gasteiger partial charge in [0.15, 0.2) is 0 Å². The molecule has 0 saturated carbocycles. The molecule has 80 valence electrons. The first-order valence-electron chi connectivity index (χ1n) is 5.78. The molecule has 0 aromatic carbocycles. The topological polar surface area (TPSA) is 12.5 Å². The molecule has 0 unspecified atom stereocenters. The highest BCUT2D eigenvalue weighted by Crippen LogP contribution is 2.31. The number of hydrogen-bond acceptors (Lipinski definition) is 2. The minimum Gasteiger partial charge on any atom is -0.371 e. The van der Waals surface area contributed by atoms with E-state index in [-0.39, 0.29) is 5.60 Å². The van der Waals surface area contributed by atoms with Gasteiger partial charge in [-0.15, -0.1) is 0 Å². The van der Waals surface area contributed by atoms with Crippen LogP contribution in [0.15, 0.2) is 12.2 Å². The van der Waals surface area contributed by atoms with E-state index in [0.717, 1.165) is 13.0 Å². The third kappa shape index (κ3) is 2.01. The summed E-state index contributed by atoms with van der Waals surface area (Å²) >= 11 is 0. The van der Waals surface area contributed by atoms with Gasteiger partial charge in [-0.05, 0) is 33.1 Å². The van der Waals surface area contributed by atoms with Gasteiger partial charge in [-0.25, -0.2) is 0 Å². The molecule has 0 aliphatic carbocycles. The molecular formula is C12H21NO. The van der Waals surface area contributed by atoms with Crippen molar-refractivity contribution in [2.75, 3.05) is 19.7 Å². The summed E-state index contributed by atoms with van der Waals surface area (Å²) in [6.07, 6.45) is 8.02. The summed E-state index contributed by atoms with van der Waals surface area (Å²) in [6.45, 7) is 7.83. The number of nitrogens with zero attached hydrogens (tertiary/aromatic N) is 1. The Hall–Kier alpha value is -0.340. The van der Waals surface area contributed by atoms with Crippen LogP contribution in [0.1, 0.15) is 33.1 Å². The van der Waals surface area contributed by atoms with E-state index in [4.69, 9.17) is 4.74 Å². The third-order valence-electron chi connectivity index (χ3n) is 3.47. The molecule has 14 heavy (non-hydrogen) atoms. The van der Waals surface area contributed by atoms with Gasteiger partial charge in [-0.1, -0.05) is 12.2 Å². The average molecular weight is 195 g/mol. The summed E-state index contributed by atoms with van der Waals surface area (Å²) < 4.78 is 5.92. The van der Waals surface area contributed by atoms with Crippen LogP contribution in [0.4, 0.5) is 0 Å². The predicted molar refractivity (Wildman–Crippen MR) is 58.4 cm³/mol. The van der Waals surface area contributed by atoms with Gasteiger partial charge in [-0.3, -0.25) is 0 Å². The van der Waals surface area contributed by atoms with E-state index in [1.807, 2.05) is 0 Å². The Bertz CT molecular complexity index is 214. The summed E-state index contributed by atoms with van der Waals surface area (Å²) in [6, 6.07) is 0.680. The average Bonchev–Trinajstić information content (AvgIpc) is 2.19. The molecular weight excluding hydrogens is 174 g/mol. The zero-order valence-electron chi connectivity index (χ0n) is 9.33. The highest BCUT2D eigenvalue weighted by molar-refractivity contribution is 5.07. The molecule has 0 bridgehead atoms. The van der Waals surface area contributed by atoms with Crippen molar-refractivity contribution in [2.45, 2.75) is 44.8 Å². The normalized spacial score (nSPS) is 27.4. The fraction of sp³-hybridized carbons (Fsp3) is 0.833. The van der Waals surface area contributed by atoms with Crippen LogP contribution >= 0.6 is 0 Å². The molecule has 2 heteroatoms. The molecule has 0 amide bonds. The molecule has 0 N–H and O–H groups in total. The predicted octanol–water partition coefficient (Wildman–Crippen LogP) is 2.21. The van der Waals surface area contributed by atoms with E-state index < -0.39 is 0 Å². The number of hydrogen-bond donors (Lipinski definition) is 0. The maximum atomic E-state index is 5.92. The van der Waals surface area contributed by atoms with Crippen molar-refractivity contribution in [3.8, 4) is 0 Å². The molecule has 2 aliphatic heterocycles. The summed E-state index contributed by atoms with van der Waals surface area (Å²) in [5.74, 6) is 0. The first-order valence-corrected chi connectivity index (χ1v) is 5.78. The van der Waals surface area contributed by atoms with Gasteiger partial charge in [0.1, 0.15) is 0 Å². The lowest BCUT2D eigenvalue weighted by molar-refractivity contribution is -0.0587. The van der Waals surface area contributed by atoms with Gasteiger partial charge in [0, 0.05) is 19.1 Å². The molecule has 0 atom stereocenters. The third-order valence-corrected chi connectivity index (χ3v) is 3.47. The second-order valence-electron chi connectivity index (χ2n) is 4.73. The SMILES string of the molecule is CC(C)N1CCC2(C=CCCO2)CC1. The molecule has 2 nitrogen and oxygen atoms in total. The Morgan fingerprint density at radius 3 is 2.50 bits per heavy atom. The first kappa shape index (κ1) is 10.2. The summed E-state index contributed by atoms with van der Waals surface area (Å²) in [5, 5.41) is 0. The molecule has 1 fully saturated rings. The van der Waals surface area contributed by atoms with Crippen molar-refractivity contribution in [3.63, 3.8) is 0 Å². The Kier molecular flexibility index (Phi) is 2.93. The van der Waals surface area contributed by atoms with Crippen LogP contribution in [0.25, 0.3) is 0 Å². The Labute approximate surface area is 86.9 Å². The lowest BCUT2D eigenvalue weighted by Crippen LogP contribution is -2.48. The summed E-state index contributed by atoms with van der Waals surface area (Å²) in [4.78, 5) is 2.54. The van der Waals surface area contributed by atoms with Crippen LogP contribution in [0.2, 0.25) is 0 Å². The van der Waals surface area contributed by atoms with Crippen LogP contribution in [0.5, 0.6) is 0 Å². The largest absolute Gasteiger partial charge is 0.371 e. The second-order valence-corrected chi connectivity index (χ2v) is 4.73. The number of likely N-dealkylation sites (tertiary alicyclic amines) is 1. The fourth-order valence-electron chi connectivity index (χ4n) is 2.41. The number of piperidine rings is 1. The molecule has 0 aromatic heterocycles. The van der Waals surface area contributed by atoms with Crippen LogP contribution in [-0.2, 0) is 4.74 Å².